The van der Waals surface area contributed by atoms with E-state index in [9.17, 15) is 15.0 Å². The summed E-state index contributed by atoms with van der Waals surface area (Å²) in [5, 5.41) is 23.2. The van der Waals surface area contributed by atoms with E-state index in [4.69, 9.17) is 0 Å². The summed E-state index contributed by atoms with van der Waals surface area (Å²) in [6.45, 7) is 4.19. The van der Waals surface area contributed by atoms with Crippen LogP contribution in [-0.2, 0) is 4.79 Å². The second-order valence-corrected chi connectivity index (χ2v) is 22.1. The van der Waals surface area contributed by atoms with Crippen LogP contribution in [0.1, 0.15) is 309 Å². The number of aliphatic hydroxyl groups excluding tert-OH is 2. The van der Waals surface area contributed by atoms with Crippen LogP contribution in [0.25, 0.3) is 0 Å². The van der Waals surface area contributed by atoms with Gasteiger partial charge in [-0.2, -0.15) is 0 Å². The average molecular weight is 1080 g/mol. The van der Waals surface area contributed by atoms with Gasteiger partial charge in [-0.1, -0.05) is 327 Å². The number of carbonyl (C=O) groups excluding carboxylic acids is 1. The fourth-order valence-electron chi connectivity index (χ4n) is 9.58. The van der Waals surface area contributed by atoms with Crippen LogP contribution < -0.4 is 5.32 Å². The van der Waals surface area contributed by atoms with Gasteiger partial charge in [0.25, 0.3) is 0 Å². The van der Waals surface area contributed by atoms with Crippen LogP contribution in [0.3, 0.4) is 0 Å². The van der Waals surface area contributed by atoms with Crippen LogP contribution >= 0.6 is 0 Å². The average Bonchev–Trinajstić information content (AvgIpc) is 3.44. The van der Waals surface area contributed by atoms with Crippen LogP contribution in [0.2, 0.25) is 0 Å². The molecule has 0 aliphatic carbocycles. The van der Waals surface area contributed by atoms with Gasteiger partial charge in [0.15, 0.2) is 0 Å². The fourth-order valence-corrected chi connectivity index (χ4v) is 9.58. The number of nitrogens with one attached hydrogen (secondary N) is 1. The minimum absolute atomic E-state index is 0.0897. The van der Waals surface area contributed by atoms with Crippen LogP contribution in [0, 0.1) is 0 Å². The van der Waals surface area contributed by atoms with Gasteiger partial charge in [-0.3, -0.25) is 4.79 Å². The second kappa shape index (κ2) is 67.8. The highest BCUT2D eigenvalue weighted by atomic mass is 16.3. The highest BCUT2D eigenvalue weighted by Gasteiger charge is 2.18. The van der Waals surface area contributed by atoms with Crippen molar-refractivity contribution < 1.29 is 15.0 Å². The Balaban J connectivity index is 3.61. The molecule has 0 aliphatic rings. The number of amides is 1. The van der Waals surface area contributed by atoms with E-state index in [-0.39, 0.29) is 12.5 Å². The number of carbonyl (C=O) groups is 1. The molecule has 3 N–H and O–H groups in total. The monoisotopic (exact) mass is 1080 g/mol. The Morgan fingerprint density at radius 3 is 0.897 bits per heavy atom. The maximum absolute atomic E-state index is 12.5. The Labute approximate surface area is 485 Å². The normalized spacial score (nSPS) is 13.6. The van der Waals surface area contributed by atoms with E-state index < -0.39 is 12.1 Å². The lowest BCUT2D eigenvalue weighted by Gasteiger charge is -2.19. The van der Waals surface area contributed by atoms with Crippen molar-refractivity contribution in [2.24, 2.45) is 0 Å². The lowest BCUT2D eigenvalue weighted by molar-refractivity contribution is -0.123. The molecule has 0 aromatic rings. The van der Waals surface area contributed by atoms with Gasteiger partial charge in [0.1, 0.15) is 0 Å². The summed E-state index contributed by atoms with van der Waals surface area (Å²) in [4.78, 5) is 12.5. The topological polar surface area (TPSA) is 69.6 Å². The smallest absolute Gasteiger partial charge is 0.220 e. The van der Waals surface area contributed by atoms with Crippen LogP contribution in [0.5, 0.6) is 0 Å². The van der Waals surface area contributed by atoms with E-state index in [2.05, 4.69) is 141 Å². The van der Waals surface area contributed by atoms with Gasteiger partial charge in [0.2, 0.25) is 5.91 Å². The summed E-state index contributed by atoms with van der Waals surface area (Å²) in [7, 11) is 0. The van der Waals surface area contributed by atoms with Crippen molar-refractivity contribution >= 4 is 5.91 Å². The standard InChI is InChI=1S/C74H127NO3/c1-3-5-7-9-11-13-15-17-19-21-23-25-27-29-31-33-35-37-39-41-43-45-47-49-51-53-55-57-59-61-63-65-67-69-73(77)72(71-76)75-74(78)70-68-66-64-62-60-58-56-54-52-50-48-46-44-42-40-38-36-34-32-30-28-26-24-22-20-18-16-14-12-10-8-6-4-2/h6,8,12,14,18,20,24,26,30,32,36,38,42,44,48,50-51,53,59,61,67,69,72-73,76-77H,3-5,7,9-11,13,15-17,19,21-23,25,27-29,31,33-35,37,39-41,43,45-47,49,52,54-58,60,62-66,68,70-71H2,1-2H3,(H,75,78)/b8-6-,14-12-,20-18-,26-24-,32-30-,38-36-,44-42-,50-48-,53-51+,61-59+,69-67+. The van der Waals surface area contributed by atoms with Crippen molar-refractivity contribution in [3.8, 4) is 0 Å². The van der Waals surface area contributed by atoms with Crippen LogP contribution in [0.4, 0.5) is 0 Å². The predicted molar refractivity (Wildman–Crippen MR) is 349 cm³/mol. The molecule has 0 saturated carbocycles. The SMILES string of the molecule is CC/C=C\C/C=C\C/C=C\C/C=C\C/C=C\C/C=C\C/C=C\C/C=C\CCCCCCCCCCC(=O)NC(CO)C(O)/C=C/CC/C=C/CC/C=C/CCCCCCCCCCCCCCCCCCCCCCCCC. The lowest BCUT2D eigenvalue weighted by atomic mass is 10.0. The summed E-state index contributed by atoms with van der Waals surface area (Å²) in [6.07, 6.45) is 105. The molecule has 0 heterocycles. The van der Waals surface area contributed by atoms with Gasteiger partial charge in [-0.15, -0.1) is 0 Å². The Hall–Kier alpha value is -3.47. The molecule has 0 fully saturated rings. The lowest BCUT2D eigenvalue weighted by Crippen LogP contribution is -2.45. The Morgan fingerprint density at radius 2 is 0.577 bits per heavy atom. The number of hydrogen-bond acceptors (Lipinski definition) is 3. The molecule has 0 spiro atoms. The zero-order valence-corrected chi connectivity index (χ0v) is 51.4. The van der Waals surface area contributed by atoms with Crippen molar-refractivity contribution in [2.45, 2.75) is 321 Å². The third-order valence-electron chi connectivity index (χ3n) is 14.6. The molecule has 0 radical (unpaired) electrons. The summed E-state index contributed by atoms with van der Waals surface area (Å²) in [6, 6.07) is -0.662. The maximum Gasteiger partial charge on any atom is 0.220 e. The fraction of sp³-hybridized carbons (Fsp3) is 0.689. The minimum Gasteiger partial charge on any atom is -0.394 e. The van der Waals surface area contributed by atoms with Gasteiger partial charge in [-0.25, -0.2) is 0 Å². The molecule has 446 valence electrons. The molecule has 0 bridgehead atoms. The summed E-state index contributed by atoms with van der Waals surface area (Å²) in [5.74, 6) is -0.0897. The third-order valence-corrected chi connectivity index (χ3v) is 14.6. The van der Waals surface area contributed by atoms with E-state index in [1.165, 1.54) is 186 Å². The third kappa shape index (κ3) is 63.4. The molecule has 0 rings (SSSR count). The van der Waals surface area contributed by atoms with Crippen molar-refractivity contribution in [3.63, 3.8) is 0 Å². The van der Waals surface area contributed by atoms with Crippen molar-refractivity contribution in [3.05, 3.63) is 134 Å². The van der Waals surface area contributed by atoms with Crippen LogP contribution in [0.15, 0.2) is 134 Å². The minimum atomic E-state index is -0.886. The molecule has 2 atom stereocenters. The number of allylic oxidation sites excluding steroid dienone is 21. The zero-order valence-electron chi connectivity index (χ0n) is 51.4. The molecule has 78 heavy (non-hydrogen) atoms. The molecular weight excluding hydrogens is 951 g/mol. The van der Waals surface area contributed by atoms with Gasteiger partial charge >= 0.3 is 0 Å². The summed E-state index contributed by atoms with van der Waals surface area (Å²) < 4.78 is 0. The van der Waals surface area contributed by atoms with E-state index in [1.54, 1.807) is 6.08 Å². The number of unbranched alkanes of at least 4 members (excludes halogenated alkanes) is 33. The van der Waals surface area contributed by atoms with Gasteiger partial charge < -0.3 is 15.5 Å². The summed E-state index contributed by atoms with van der Waals surface area (Å²) in [5.41, 5.74) is 0. The first-order valence-electron chi connectivity index (χ1n) is 33.4. The molecule has 4 nitrogen and oxygen atoms in total. The molecule has 2 unspecified atom stereocenters. The number of rotatable bonds is 60. The highest BCUT2D eigenvalue weighted by Crippen LogP contribution is 2.17. The number of hydrogen-bond donors (Lipinski definition) is 3. The van der Waals surface area contributed by atoms with E-state index in [1.807, 2.05) is 6.08 Å². The highest BCUT2D eigenvalue weighted by molar-refractivity contribution is 5.76. The molecule has 0 aliphatic heterocycles. The molecule has 4 heteroatoms. The first-order chi connectivity index (χ1) is 38.7. The predicted octanol–water partition coefficient (Wildman–Crippen LogP) is 22.9. The first-order valence-corrected chi connectivity index (χ1v) is 33.4. The second-order valence-electron chi connectivity index (χ2n) is 22.1. The summed E-state index contributed by atoms with van der Waals surface area (Å²) >= 11 is 0. The van der Waals surface area contributed by atoms with Crippen molar-refractivity contribution in [1.82, 2.24) is 5.32 Å². The molecule has 1 amide bonds. The maximum atomic E-state index is 12.5. The Morgan fingerprint density at radius 1 is 0.321 bits per heavy atom. The zero-order chi connectivity index (χ0) is 56.2. The van der Waals surface area contributed by atoms with E-state index >= 15 is 0 Å². The van der Waals surface area contributed by atoms with E-state index in [0.29, 0.717) is 6.42 Å². The number of aliphatic hydroxyl groups is 2. The molecular formula is C74H127NO3. The van der Waals surface area contributed by atoms with E-state index in [0.717, 1.165) is 103 Å². The molecule has 0 aromatic heterocycles. The first kappa shape index (κ1) is 74.5. The van der Waals surface area contributed by atoms with Gasteiger partial charge in [-0.05, 0) is 109 Å². The molecule has 0 saturated heterocycles. The Kier molecular flexibility index (Phi) is 64.8. The van der Waals surface area contributed by atoms with Gasteiger partial charge in [0, 0.05) is 6.42 Å². The van der Waals surface area contributed by atoms with Crippen LogP contribution in [-0.4, -0.2) is 34.9 Å². The van der Waals surface area contributed by atoms with Crippen molar-refractivity contribution in [2.75, 3.05) is 6.61 Å². The quantitative estimate of drug-likeness (QED) is 0.0420. The largest absolute Gasteiger partial charge is 0.394 e. The Bertz CT molecular complexity index is 1550. The van der Waals surface area contributed by atoms with Crippen molar-refractivity contribution in [1.29, 1.82) is 0 Å². The van der Waals surface area contributed by atoms with Gasteiger partial charge in [0.05, 0.1) is 18.8 Å². The molecule has 0 aromatic carbocycles.